The normalized spacial score (nSPS) is 27.8. The van der Waals surface area contributed by atoms with Crippen LogP contribution in [0.25, 0.3) is 0 Å². The number of likely N-dealkylation sites (tertiary alicyclic amines) is 1. The summed E-state index contributed by atoms with van der Waals surface area (Å²) in [5, 5.41) is 0. The molecule has 0 aliphatic carbocycles. The molecule has 0 spiro atoms. The predicted molar refractivity (Wildman–Crippen MR) is 50.3 cm³/mol. The van der Waals surface area contributed by atoms with E-state index in [2.05, 4.69) is 0 Å². The van der Waals surface area contributed by atoms with Crippen molar-refractivity contribution < 1.29 is 9.59 Å². The van der Waals surface area contributed by atoms with Gasteiger partial charge in [-0.25, -0.2) is 0 Å². The van der Waals surface area contributed by atoms with E-state index >= 15 is 0 Å². The van der Waals surface area contributed by atoms with Crippen molar-refractivity contribution in [3.05, 3.63) is 0 Å². The molecule has 0 saturated carbocycles. The zero-order valence-electron chi connectivity index (χ0n) is 8.54. The Hall–Kier alpha value is -0.860. The lowest BCUT2D eigenvalue weighted by Gasteiger charge is -2.26. The number of nitrogens with zero attached hydrogens (tertiary/aromatic N) is 1. The van der Waals surface area contributed by atoms with Crippen molar-refractivity contribution in [1.29, 1.82) is 0 Å². The third-order valence-electron chi connectivity index (χ3n) is 2.73. The monoisotopic (exact) mass is 183 g/mol. The molecule has 0 aromatic heterocycles. The third-order valence-corrected chi connectivity index (χ3v) is 2.73. The molecule has 1 aliphatic heterocycles. The van der Waals surface area contributed by atoms with Crippen LogP contribution in [-0.4, -0.2) is 28.7 Å². The smallest absolute Gasteiger partial charge is 0.223 e. The molecule has 2 unspecified atom stereocenters. The average Bonchev–Trinajstić information content (AvgIpc) is 2.46. The van der Waals surface area contributed by atoms with Crippen LogP contribution in [0.2, 0.25) is 0 Å². The molecule has 1 rings (SSSR count). The van der Waals surface area contributed by atoms with Crippen LogP contribution in [0.5, 0.6) is 0 Å². The van der Waals surface area contributed by atoms with Crippen molar-refractivity contribution in [3.8, 4) is 0 Å². The third kappa shape index (κ3) is 1.90. The van der Waals surface area contributed by atoms with Gasteiger partial charge in [0.25, 0.3) is 0 Å². The van der Waals surface area contributed by atoms with Crippen LogP contribution in [0.3, 0.4) is 0 Å². The molecule has 3 nitrogen and oxygen atoms in total. The summed E-state index contributed by atoms with van der Waals surface area (Å²) < 4.78 is 0. The van der Waals surface area contributed by atoms with E-state index < -0.39 is 0 Å². The molecule has 1 fully saturated rings. The van der Waals surface area contributed by atoms with Gasteiger partial charge in [0.2, 0.25) is 5.91 Å². The van der Waals surface area contributed by atoms with Crippen molar-refractivity contribution in [1.82, 2.24) is 4.90 Å². The minimum Gasteiger partial charge on any atom is -0.330 e. The summed E-state index contributed by atoms with van der Waals surface area (Å²) in [5.74, 6) is 0.219. The maximum atomic E-state index is 11.5. The lowest BCUT2D eigenvalue weighted by atomic mass is 10.1. The molecule has 0 bridgehead atoms. The molecule has 13 heavy (non-hydrogen) atoms. The largest absolute Gasteiger partial charge is 0.330 e. The predicted octanol–water partition coefficient (Wildman–Crippen LogP) is 1.36. The summed E-state index contributed by atoms with van der Waals surface area (Å²) in [5.41, 5.74) is 0. The van der Waals surface area contributed by atoms with E-state index in [0.29, 0.717) is 6.42 Å². The van der Waals surface area contributed by atoms with Crippen LogP contribution in [0.1, 0.15) is 40.0 Å². The van der Waals surface area contributed by atoms with Crippen LogP contribution in [-0.2, 0) is 9.59 Å². The van der Waals surface area contributed by atoms with E-state index in [1.165, 1.54) is 0 Å². The minimum absolute atomic E-state index is 0.102. The van der Waals surface area contributed by atoms with E-state index in [1.807, 2.05) is 13.8 Å². The van der Waals surface area contributed by atoms with Gasteiger partial charge in [0.05, 0.1) is 6.04 Å². The molecule has 0 N–H and O–H groups in total. The lowest BCUT2D eigenvalue weighted by molar-refractivity contribution is -0.138. The standard InChI is InChI=1S/C10H17NO2/c1-4-10(13)11-7(2)5-6-9(11)8(3)12/h7,9H,4-6H2,1-3H3. The maximum Gasteiger partial charge on any atom is 0.223 e. The Morgan fingerprint density at radius 2 is 2.00 bits per heavy atom. The van der Waals surface area contributed by atoms with E-state index in [9.17, 15) is 9.59 Å². The molecule has 1 aliphatic rings. The Morgan fingerprint density at radius 3 is 2.46 bits per heavy atom. The highest BCUT2D eigenvalue weighted by Gasteiger charge is 2.35. The van der Waals surface area contributed by atoms with Gasteiger partial charge >= 0.3 is 0 Å². The highest BCUT2D eigenvalue weighted by molar-refractivity contribution is 5.88. The fourth-order valence-corrected chi connectivity index (χ4v) is 1.99. The molecule has 0 aromatic carbocycles. The summed E-state index contributed by atoms with van der Waals surface area (Å²) in [4.78, 5) is 24.5. The van der Waals surface area contributed by atoms with Gasteiger partial charge in [-0.2, -0.15) is 0 Å². The highest BCUT2D eigenvalue weighted by Crippen LogP contribution is 2.25. The van der Waals surface area contributed by atoms with Crippen molar-refractivity contribution >= 4 is 11.7 Å². The fourth-order valence-electron chi connectivity index (χ4n) is 1.99. The van der Waals surface area contributed by atoms with Crippen molar-refractivity contribution in [3.63, 3.8) is 0 Å². The fraction of sp³-hybridized carbons (Fsp3) is 0.800. The number of carbonyl (C=O) groups is 2. The van der Waals surface area contributed by atoms with Crippen molar-refractivity contribution in [2.75, 3.05) is 0 Å². The highest BCUT2D eigenvalue weighted by atomic mass is 16.2. The zero-order chi connectivity index (χ0) is 10.0. The summed E-state index contributed by atoms with van der Waals surface area (Å²) >= 11 is 0. The van der Waals surface area contributed by atoms with E-state index in [-0.39, 0.29) is 23.8 Å². The Labute approximate surface area is 79.1 Å². The van der Waals surface area contributed by atoms with Gasteiger partial charge in [0, 0.05) is 12.5 Å². The summed E-state index contributed by atoms with van der Waals surface area (Å²) in [6, 6.07) is 0.0869. The zero-order valence-corrected chi connectivity index (χ0v) is 8.54. The Kier molecular flexibility index (Phi) is 3.07. The quantitative estimate of drug-likeness (QED) is 0.648. The molecule has 1 amide bonds. The van der Waals surface area contributed by atoms with Gasteiger partial charge in [0.1, 0.15) is 0 Å². The molecule has 3 heteroatoms. The number of Topliss-reactive ketones (excluding diaryl/α,β-unsaturated/α-hetero) is 1. The van der Waals surface area contributed by atoms with Crippen LogP contribution >= 0.6 is 0 Å². The van der Waals surface area contributed by atoms with Crippen molar-refractivity contribution in [2.45, 2.75) is 52.1 Å². The molecular formula is C10H17NO2. The van der Waals surface area contributed by atoms with Gasteiger partial charge in [0.15, 0.2) is 5.78 Å². The summed E-state index contributed by atoms with van der Waals surface area (Å²) in [7, 11) is 0. The molecule has 74 valence electrons. The number of hydrogen-bond acceptors (Lipinski definition) is 2. The number of ketones is 1. The number of carbonyl (C=O) groups excluding carboxylic acids is 2. The second kappa shape index (κ2) is 3.90. The molecular weight excluding hydrogens is 166 g/mol. The first-order chi connectivity index (χ1) is 6.07. The first-order valence-electron chi connectivity index (χ1n) is 4.89. The molecule has 0 aromatic rings. The number of hydrogen-bond donors (Lipinski definition) is 0. The van der Waals surface area contributed by atoms with E-state index in [1.54, 1.807) is 11.8 Å². The van der Waals surface area contributed by atoms with Crippen LogP contribution in [0.4, 0.5) is 0 Å². The van der Waals surface area contributed by atoms with Crippen LogP contribution in [0, 0.1) is 0 Å². The maximum absolute atomic E-state index is 11.5. The Bertz CT molecular complexity index is 225. The van der Waals surface area contributed by atoms with Crippen molar-refractivity contribution in [2.24, 2.45) is 0 Å². The first-order valence-corrected chi connectivity index (χ1v) is 4.89. The summed E-state index contributed by atoms with van der Waals surface area (Å²) in [6.45, 7) is 5.42. The molecule has 1 heterocycles. The number of amides is 1. The molecule has 1 saturated heterocycles. The number of rotatable bonds is 2. The van der Waals surface area contributed by atoms with Crippen LogP contribution < -0.4 is 0 Å². The topological polar surface area (TPSA) is 37.4 Å². The first kappa shape index (κ1) is 10.2. The van der Waals surface area contributed by atoms with Gasteiger partial charge in [-0.05, 0) is 26.7 Å². The second-order valence-corrected chi connectivity index (χ2v) is 3.71. The Morgan fingerprint density at radius 1 is 1.38 bits per heavy atom. The molecule has 0 radical (unpaired) electrons. The van der Waals surface area contributed by atoms with Crippen LogP contribution in [0.15, 0.2) is 0 Å². The minimum atomic E-state index is -0.151. The Balaban J connectivity index is 2.76. The average molecular weight is 183 g/mol. The van der Waals surface area contributed by atoms with E-state index in [4.69, 9.17) is 0 Å². The van der Waals surface area contributed by atoms with Gasteiger partial charge < -0.3 is 4.90 Å². The van der Waals surface area contributed by atoms with Gasteiger partial charge in [-0.3, -0.25) is 9.59 Å². The SMILES string of the molecule is CCC(=O)N1C(C)CCC1C(C)=O. The summed E-state index contributed by atoms with van der Waals surface area (Å²) in [6.07, 6.45) is 2.28. The van der Waals surface area contributed by atoms with E-state index in [0.717, 1.165) is 12.8 Å². The molecule has 2 atom stereocenters. The van der Waals surface area contributed by atoms with Gasteiger partial charge in [-0.1, -0.05) is 6.92 Å². The van der Waals surface area contributed by atoms with Gasteiger partial charge in [-0.15, -0.1) is 0 Å². The lowest BCUT2D eigenvalue weighted by Crippen LogP contribution is -2.42. The second-order valence-electron chi connectivity index (χ2n) is 3.71.